The maximum Gasteiger partial charge on any atom is 0.472 e. The van der Waals surface area contributed by atoms with Gasteiger partial charge in [-0.1, -0.05) is 194 Å². The third-order valence-corrected chi connectivity index (χ3v) is 12.3. The van der Waals surface area contributed by atoms with Gasteiger partial charge < -0.3 is 24.2 Å². The Hall–Kier alpha value is -4.12. The summed E-state index contributed by atoms with van der Waals surface area (Å²) in [6.07, 6.45) is 67.4. The van der Waals surface area contributed by atoms with E-state index in [2.05, 4.69) is 136 Å². The Labute approximate surface area is 449 Å². The first kappa shape index (κ1) is 69.9. The molecule has 74 heavy (non-hydrogen) atoms. The lowest BCUT2D eigenvalue weighted by atomic mass is 10.1. The summed E-state index contributed by atoms with van der Waals surface area (Å²) in [4.78, 5) is 48.5. The standard InChI is InChI=1S/C62H101O11P/c1-4-7-10-13-16-19-22-25-28-29-32-33-36-39-42-45-48-51-60(64)69-55-59(73-62(66)53-50-47-44-41-38-35-31-27-24-21-18-15-12-9-6-3)57-71-74(67,68)70-56-58(54-63)72-61(65)52-49-46-43-40-37-34-30-26-23-20-17-14-11-8-5-2/h7,9-10,12,16,18-19,21,25-28,30-33,38-39,41-42,58-59,63H,4-6,8,11,13-15,17,20,22-24,29,34-37,40,43-57H2,1-3H3,(H,67,68)/b10-7-,12-9-,19-16-,21-18-,28-25-,30-26-,31-27-,33-32-,41-38-,42-39-. The van der Waals surface area contributed by atoms with Crippen molar-refractivity contribution >= 4 is 25.7 Å². The molecule has 12 heteroatoms. The number of esters is 3. The molecule has 3 atom stereocenters. The number of allylic oxidation sites excluding steroid dienone is 20. The van der Waals surface area contributed by atoms with Crippen molar-refractivity contribution in [2.75, 3.05) is 26.4 Å². The van der Waals surface area contributed by atoms with E-state index in [1.165, 1.54) is 38.5 Å². The number of carbonyl (C=O) groups excluding carboxylic acids is 3. The summed E-state index contributed by atoms with van der Waals surface area (Å²) in [5.74, 6) is -1.61. The zero-order valence-electron chi connectivity index (χ0n) is 46.3. The largest absolute Gasteiger partial charge is 0.472 e. The van der Waals surface area contributed by atoms with Crippen LogP contribution >= 0.6 is 7.82 Å². The van der Waals surface area contributed by atoms with Gasteiger partial charge in [0.15, 0.2) is 6.10 Å². The molecule has 0 aliphatic rings. The zero-order chi connectivity index (χ0) is 54.1. The number of aliphatic hydroxyl groups is 1. The minimum Gasteiger partial charge on any atom is -0.462 e. The Bertz CT molecular complexity index is 1700. The van der Waals surface area contributed by atoms with E-state index < -0.39 is 57.8 Å². The van der Waals surface area contributed by atoms with E-state index >= 15 is 0 Å². The molecule has 0 heterocycles. The number of unbranched alkanes of at least 4 members (excludes halogenated alkanes) is 14. The number of carbonyl (C=O) groups is 3. The Morgan fingerprint density at radius 1 is 0.392 bits per heavy atom. The summed E-state index contributed by atoms with van der Waals surface area (Å²) >= 11 is 0. The highest BCUT2D eigenvalue weighted by Gasteiger charge is 2.28. The van der Waals surface area contributed by atoms with Crippen molar-refractivity contribution in [3.63, 3.8) is 0 Å². The predicted molar refractivity (Wildman–Crippen MR) is 306 cm³/mol. The smallest absolute Gasteiger partial charge is 0.462 e. The fourth-order valence-electron chi connectivity index (χ4n) is 7.08. The van der Waals surface area contributed by atoms with Gasteiger partial charge in [0.1, 0.15) is 12.7 Å². The van der Waals surface area contributed by atoms with Crippen LogP contribution in [0.4, 0.5) is 0 Å². The van der Waals surface area contributed by atoms with E-state index in [-0.39, 0.29) is 25.9 Å². The van der Waals surface area contributed by atoms with Gasteiger partial charge in [0.25, 0.3) is 0 Å². The Morgan fingerprint density at radius 2 is 0.716 bits per heavy atom. The third-order valence-electron chi connectivity index (χ3n) is 11.3. The van der Waals surface area contributed by atoms with E-state index in [0.29, 0.717) is 25.7 Å². The predicted octanol–water partition coefficient (Wildman–Crippen LogP) is 16.8. The first-order valence-corrected chi connectivity index (χ1v) is 29.9. The van der Waals surface area contributed by atoms with Gasteiger partial charge in [-0.25, -0.2) is 4.57 Å². The van der Waals surface area contributed by atoms with Gasteiger partial charge in [-0.3, -0.25) is 23.4 Å². The average molecular weight is 1050 g/mol. The van der Waals surface area contributed by atoms with Gasteiger partial charge in [0.2, 0.25) is 0 Å². The van der Waals surface area contributed by atoms with Crippen molar-refractivity contribution in [2.24, 2.45) is 0 Å². The first-order valence-electron chi connectivity index (χ1n) is 28.4. The van der Waals surface area contributed by atoms with Crippen molar-refractivity contribution in [3.05, 3.63) is 122 Å². The molecule has 0 spiro atoms. The maximum atomic E-state index is 12.9. The number of ether oxygens (including phenoxy) is 3. The number of hydrogen-bond donors (Lipinski definition) is 2. The Balaban J connectivity index is 4.88. The molecule has 0 rings (SSSR count). The molecule has 420 valence electrons. The van der Waals surface area contributed by atoms with Crippen molar-refractivity contribution < 1.29 is 52.2 Å². The van der Waals surface area contributed by atoms with Crippen molar-refractivity contribution in [2.45, 2.75) is 226 Å². The number of rotatable bonds is 51. The second-order valence-corrected chi connectivity index (χ2v) is 19.8. The lowest BCUT2D eigenvalue weighted by Crippen LogP contribution is -2.30. The number of phosphoric acid groups is 1. The summed E-state index contributed by atoms with van der Waals surface area (Å²) in [7, 11) is -4.78. The van der Waals surface area contributed by atoms with Gasteiger partial charge in [0, 0.05) is 19.3 Å². The highest BCUT2D eigenvalue weighted by molar-refractivity contribution is 7.47. The fraction of sp³-hybridized carbons (Fsp3) is 0.629. The van der Waals surface area contributed by atoms with Crippen LogP contribution < -0.4 is 0 Å². The van der Waals surface area contributed by atoms with Crippen LogP contribution in [-0.2, 0) is 42.2 Å². The van der Waals surface area contributed by atoms with Gasteiger partial charge >= 0.3 is 25.7 Å². The van der Waals surface area contributed by atoms with E-state index in [1.54, 1.807) is 0 Å². The molecule has 0 amide bonds. The lowest BCUT2D eigenvalue weighted by molar-refractivity contribution is -0.161. The van der Waals surface area contributed by atoms with Crippen LogP contribution in [0.2, 0.25) is 0 Å². The zero-order valence-corrected chi connectivity index (χ0v) is 47.2. The molecule has 3 unspecified atom stereocenters. The molecule has 0 saturated heterocycles. The molecule has 11 nitrogen and oxygen atoms in total. The van der Waals surface area contributed by atoms with Crippen LogP contribution in [-0.4, -0.2) is 66.5 Å². The van der Waals surface area contributed by atoms with E-state index in [4.69, 9.17) is 23.3 Å². The van der Waals surface area contributed by atoms with Crippen LogP contribution in [0.15, 0.2) is 122 Å². The Kier molecular flexibility index (Phi) is 52.1. The van der Waals surface area contributed by atoms with E-state index in [1.807, 2.05) is 6.08 Å². The quantitative estimate of drug-likeness (QED) is 0.0197. The molecule has 0 aliphatic carbocycles. The summed E-state index contributed by atoms with van der Waals surface area (Å²) in [6, 6.07) is 0. The average Bonchev–Trinajstić information content (AvgIpc) is 3.39. The number of hydrogen-bond acceptors (Lipinski definition) is 10. The molecule has 0 fully saturated rings. The minimum absolute atomic E-state index is 0.0963. The lowest BCUT2D eigenvalue weighted by Gasteiger charge is -2.21. The molecule has 0 aromatic heterocycles. The molecule has 0 radical (unpaired) electrons. The summed E-state index contributed by atoms with van der Waals surface area (Å²) in [5, 5.41) is 9.81. The highest BCUT2D eigenvalue weighted by atomic mass is 31.2. The SMILES string of the molecule is CC/C=C\C/C=C\C/C=C\C/C=C\C/C=C\CCCC(=O)OCC(COP(=O)(O)OCC(CO)OC(=O)CCCCCCC/C=C\CCCCCCCC)OC(=O)CCCC/C=C\C/C=C\C/C=C\C/C=C\CC. The molecule has 0 aliphatic heterocycles. The fourth-order valence-corrected chi connectivity index (χ4v) is 7.87. The number of aliphatic hydroxyl groups excluding tert-OH is 1. The second-order valence-electron chi connectivity index (χ2n) is 18.3. The second kappa shape index (κ2) is 55.1. The van der Waals surface area contributed by atoms with Gasteiger partial charge in [-0.2, -0.15) is 0 Å². The van der Waals surface area contributed by atoms with Crippen molar-refractivity contribution in [1.29, 1.82) is 0 Å². The van der Waals surface area contributed by atoms with Crippen molar-refractivity contribution in [1.82, 2.24) is 0 Å². The molecule has 0 saturated carbocycles. The topological polar surface area (TPSA) is 155 Å². The molecule has 0 aromatic rings. The number of phosphoric ester groups is 1. The van der Waals surface area contributed by atoms with Gasteiger partial charge in [-0.05, 0) is 122 Å². The monoisotopic (exact) mass is 1050 g/mol. The molecule has 2 N–H and O–H groups in total. The summed E-state index contributed by atoms with van der Waals surface area (Å²) in [6.45, 7) is 4.27. The first-order chi connectivity index (χ1) is 36.2. The minimum atomic E-state index is -4.78. The molecule has 0 bridgehead atoms. The third kappa shape index (κ3) is 52.7. The Morgan fingerprint density at radius 3 is 1.16 bits per heavy atom. The maximum absolute atomic E-state index is 12.9. The summed E-state index contributed by atoms with van der Waals surface area (Å²) < 4.78 is 39.4. The highest BCUT2D eigenvalue weighted by Crippen LogP contribution is 2.43. The van der Waals surface area contributed by atoms with Gasteiger partial charge in [0.05, 0.1) is 19.8 Å². The summed E-state index contributed by atoms with van der Waals surface area (Å²) in [5.41, 5.74) is 0. The van der Waals surface area contributed by atoms with Crippen molar-refractivity contribution in [3.8, 4) is 0 Å². The van der Waals surface area contributed by atoms with Crippen LogP contribution in [0, 0.1) is 0 Å². The van der Waals surface area contributed by atoms with Crippen LogP contribution in [0.3, 0.4) is 0 Å². The van der Waals surface area contributed by atoms with Crippen LogP contribution in [0.5, 0.6) is 0 Å². The van der Waals surface area contributed by atoms with Crippen LogP contribution in [0.1, 0.15) is 213 Å². The van der Waals surface area contributed by atoms with E-state index in [9.17, 15) is 28.9 Å². The van der Waals surface area contributed by atoms with Crippen LogP contribution in [0.25, 0.3) is 0 Å². The van der Waals surface area contributed by atoms with Gasteiger partial charge in [-0.15, -0.1) is 0 Å². The molecular weight excluding hydrogens is 952 g/mol. The molecule has 0 aromatic carbocycles. The van der Waals surface area contributed by atoms with E-state index in [0.717, 1.165) is 109 Å². The normalized spacial score (nSPS) is 14.3. The molecular formula is C62H101O11P.